The molecule has 2 aromatic heterocycles. The number of hydrogen-bond donors (Lipinski definition) is 0. The van der Waals surface area contributed by atoms with Crippen molar-refractivity contribution in [3.05, 3.63) is 47.4 Å². The maximum atomic E-state index is 5.97. The number of hydrogen-bond acceptors (Lipinski definition) is 4. The van der Waals surface area contributed by atoms with Gasteiger partial charge >= 0.3 is 0 Å². The molecule has 3 rings (SSSR count). The minimum absolute atomic E-state index is 0.421. The van der Waals surface area contributed by atoms with Crippen LogP contribution in [0.15, 0.2) is 46.6 Å². The molecule has 3 aromatic rings. The molecule has 0 aliphatic heterocycles. The first-order valence-corrected chi connectivity index (χ1v) is 6.52. The molecule has 90 valence electrons. The zero-order chi connectivity index (χ0) is 12.5. The monoisotopic (exact) mass is 276 g/mol. The van der Waals surface area contributed by atoms with E-state index in [2.05, 4.69) is 46.3 Å². The second-order valence-corrected chi connectivity index (χ2v) is 5.29. The number of nitrogens with zero attached hydrogens (tertiary/aromatic N) is 4. The number of benzene rings is 1. The van der Waals surface area contributed by atoms with Gasteiger partial charge in [0.1, 0.15) is 16.5 Å². The number of aromatic nitrogens is 4. The Bertz CT molecular complexity index is 693. The average Bonchev–Trinajstić information content (AvgIpc) is 2.80. The number of aryl methyl sites for hydroxylation is 1. The van der Waals surface area contributed by atoms with Crippen LogP contribution in [0.25, 0.3) is 5.78 Å². The van der Waals surface area contributed by atoms with Gasteiger partial charge in [0.25, 0.3) is 5.78 Å². The highest BCUT2D eigenvalue weighted by atomic mass is 35.5. The van der Waals surface area contributed by atoms with E-state index in [1.807, 2.05) is 0 Å². The fourth-order valence-electron chi connectivity index (χ4n) is 1.56. The molecule has 0 aliphatic carbocycles. The van der Waals surface area contributed by atoms with Crippen LogP contribution < -0.4 is 0 Å². The van der Waals surface area contributed by atoms with Crippen molar-refractivity contribution >= 4 is 29.1 Å². The molecule has 0 radical (unpaired) electrons. The Morgan fingerprint density at radius 2 is 2.00 bits per heavy atom. The maximum Gasteiger partial charge on any atom is 0.254 e. The summed E-state index contributed by atoms with van der Waals surface area (Å²) < 4.78 is 1.68. The summed E-state index contributed by atoms with van der Waals surface area (Å²) in [5.41, 5.74) is 1.23. The molecule has 0 saturated heterocycles. The predicted octanol–water partition coefficient (Wildman–Crippen LogP) is 3.24. The van der Waals surface area contributed by atoms with Crippen molar-refractivity contribution < 1.29 is 0 Å². The Kier molecular flexibility index (Phi) is 2.93. The van der Waals surface area contributed by atoms with Crippen molar-refractivity contribution in [2.45, 2.75) is 16.8 Å². The number of rotatable bonds is 2. The molecule has 0 N–H and O–H groups in total. The fraction of sp³-hybridized carbons (Fsp3) is 0.0833. The first-order valence-electron chi connectivity index (χ1n) is 5.33. The van der Waals surface area contributed by atoms with Crippen LogP contribution in [-0.2, 0) is 0 Å². The Balaban J connectivity index is 2.03. The van der Waals surface area contributed by atoms with Crippen molar-refractivity contribution in [1.29, 1.82) is 0 Å². The van der Waals surface area contributed by atoms with E-state index in [0.29, 0.717) is 10.9 Å². The van der Waals surface area contributed by atoms with Crippen LogP contribution in [-0.4, -0.2) is 19.6 Å². The van der Waals surface area contributed by atoms with Gasteiger partial charge in [0.05, 0.1) is 0 Å². The zero-order valence-electron chi connectivity index (χ0n) is 9.54. The van der Waals surface area contributed by atoms with E-state index in [1.54, 1.807) is 22.3 Å². The van der Waals surface area contributed by atoms with E-state index in [9.17, 15) is 0 Å². The molecule has 1 aromatic carbocycles. The third-order valence-electron chi connectivity index (χ3n) is 2.43. The van der Waals surface area contributed by atoms with Gasteiger partial charge in [-0.3, -0.25) is 0 Å². The molecule has 0 spiro atoms. The van der Waals surface area contributed by atoms with Gasteiger partial charge < -0.3 is 0 Å². The highest BCUT2D eigenvalue weighted by molar-refractivity contribution is 7.99. The highest BCUT2D eigenvalue weighted by Crippen LogP contribution is 2.28. The van der Waals surface area contributed by atoms with Crippen molar-refractivity contribution in [1.82, 2.24) is 19.6 Å². The summed E-state index contributed by atoms with van der Waals surface area (Å²) in [6.45, 7) is 2.06. The third-order valence-corrected chi connectivity index (χ3v) is 3.63. The zero-order valence-corrected chi connectivity index (χ0v) is 11.1. The molecular weight excluding hydrogens is 268 g/mol. The predicted molar refractivity (Wildman–Crippen MR) is 71.1 cm³/mol. The summed E-state index contributed by atoms with van der Waals surface area (Å²) in [7, 11) is 0. The Labute approximate surface area is 113 Å². The van der Waals surface area contributed by atoms with E-state index in [4.69, 9.17) is 11.6 Å². The van der Waals surface area contributed by atoms with Crippen LogP contribution in [0, 0.1) is 6.92 Å². The van der Waals surface area contributed by atoms with E-state index >= 15 is 0 Å². The molecule has 4 nitrogen and oxygen atoms in total. The van der Waals surface area contributed by atoms with Crippen LogP contribution in [0.2, 0.25) is 5.15 Å². The van der Waals surface area contributed by atoms with E-state index in [0.717, 1.165) is 9.92 Å². The SMILES string of the molecule is Cc1ccc(Sc2cc(Cl)nc3ncnn23)cc1. The normalized spacial score (nSPS) is 11.0. The van der Waals surface area contributed by atoms with Crippen LogP contribution in [0.3, 0.4) is 0 Å². The summed E-state index contributed by atoms with van der Waals surface area (Å²) in [5.74, 6) is 0.511. The molecule has 0 amide bonds. The Morgan fingerprint density at radius 3 is 2.78 bits per heavy atom. The molecular formula is C12H9ClN4S. The lowest BCUT2D eigenvalue weighted by Gasteiger charge is -2.04. The van der Waals surface area contributed by atoms with Crippen molar-refractivity contribution in [3.63, 3.8) is 0 Å². The van der Waals surface area contributed by atoms with Gasteiger partial charge in [-0.1, -0.05) is 41.1 Å². The largest absolute Gasteiger partial charge is 0.254 e. The Morgan fingerprint density at radius 1 is 1.22 bits per heavy atom. The molecule has 0 bridgehead atoms. The highest BCUT2D eigenvalue weighted by Gasteiger charge is 2.07. The maximum absolute atomic E-state index is 5.97. The van der Waals surface area contributed by atoms with Crippen molar-refractivity contribution in [3.8, 4) is 0 Å². The lowest BCUT2D eigenvalue weighted by Crippen LogP contribution is -1.95. The summed E-state index contributed by atoms with van der Waals surface area (Å²) >= 11 is 7.55. The van der Waals surface area contributed by atoms with Gasteiger partial charge in [-0.15, -0.1) is 0 Å². The van der Waals surface area contributed by atoms with Gasteiger partial charge in [0.15, 0.2) is 0 Å². The average molecular weight is 277 g/mol. The van der Waals surface area contributed by atoms with Crippen LogP contribution >= 0.6 is 23.4 Å². The van der Waals surface area contributed by atoms with Gasteiger partial charge in [-0.2, -0.15) is 19.6 Å². The topological polar surface area (TPSA) is 43.1 Å². The molecule has 0 aliphatic rings. The second kappa shape index (κ2) is 4.59. The van der Waals surface area contributed by atoms with E-state index in [1.165, 1.54) is 11.9 Å². The second-order valence-electron chi connectivity index (χ2n) is 3.80. The number of fused-ring (bicyclic) bond motifs is 1. The molecule has 0 saturated carbocycles. The van der Waals surface area contributed by atoms with Gasteiger partial charge in [0.2, 0.25) is 0 Å². The van der Waals surface area contributed by atoms with Gasteiger partial charge in [0, 0.05) is 11.0 Å². The quantitative estimate of drug-likeness (QED) is 0.674. The minimum atomic E-state index is 0.421. The molecule has 2 heterocycles. The van der Waals surface area contributed by atoms with Crippen molar-refractivity contribution in [2.75, 3.05) is 0 Å². The van der Waals surface area contributed by atoms with Gasteiger partial charge in [-0.25, -0.2) is 0 Å². The van der Waals surface area contributed by atoms with Crippen LogP contribution in [0.1, 0.15) is 5.56 Å². The lowest BCUT2D eigenvalue weighted by molar-refractivity contribution is 0.842. The standard InChI is InChI=1S/C12H9ClN4S/c1-8-2-4-9(5-3-8)18-11-6-10(13)16-12-14-7-15-17(11)12/h2-7H,1H3. The first kappa shape index (κ1) is 11.5. The minimum Gasteiger partial charge on any atom is -0.199 e. The van der Waals surface area contributed by atoms with E-state index < -0.39 is 0 Å². The summed E-state index contributed by atoms with van der Waals surface area (Å²) in [6, 6.07) is 10.1. The Hall–Kier alpha value is -1.59. The van der Waals surface area contributed by atoms with Crippen LogP contribution in [0.4, 0.5) is 0 Å². The molecule has 0 atom stereocenters. The molecule has 18 heavy (non-hydrogen) atoms. The van der Waals surface area contributed by atoms with Crippen LogP contribution in [0.5, 0.6) is 0 Å². The van der Waals surface area contributed by atoms with Crippen molar-refractivity contribution in [2.24, 2.45) is 0 Å². The summed E-state index contributed by atoms with van der Waals surface area (Å²) in [4.78, 5) is 9.26. The van der Waals surface area contributed by atoms with E-state index in [-0.39, 0.29) is 0 Å². The molecule has 0 unspecified atom stereocenters. The third kappa shape index (κ3) is 2.19. The first-order chi connectivity index (χ1) is 8.72. The fourth-order valence-corrected chi connectivity index (χ4v) is 2.70. The summed E-state index contributed by atoms with van der Waals surface area (Å²) in [6.07, 6.45) is 1.47. The molecule has 0 fully saturated rings. The number of halogens is 1. The van der Waals surface area contributed by atoms with Gasteiger partial charge in [-0.05, 0) is 19.1 Å². The molecule has 6 heteroatoms. The smallest absolute Gasteiger partial charge is 0.199 e. The lowest BCUT2D eigenvalue weighted by atomic mass is 10.2. The summed E-state index contributed by atoms with van der Waals surface area (Å²) in [5, 5.41) is 5.45.